The average molecular weight is 606 g/mol. The Balaban J connectivity index is 1.54. The Labute approximate surface area is 241 Å². The fourth-order valence-electron chi connectivity index (χ4n) is 4.33. The van der Waals surface area contributed by atoms with Crippen LogP contribution in [0, 0.1) is 0 Å². The highest BCUT2D eigenvalue weighted by atomic mass is 31.2. The molecule has 0 aliphatic carbocycles. The van der Waals surface area contributed by atoms with E-state index >= 15 is 4.39 Å². The number of nitrogens with one attached hydrogen (secondary N) is 2. The number of esters is 1. The maximum atomic E-state index is 15.6. The standard InChI is InChI=1S/C28H33FN3O9P/c1-17(2)39-25(35)18(3)31-42(37,41-21-12-10-20(11-13-21)19-8-6-5-7-9-19)38-16-22-24(34)28(4,29)26(40-22)32-15-14-23(33)30-27(32)36/h5-15,17-18,22,24,26,34H,16H2,1-4H3,(H,31,37)(H,30,33,36)/t18-,22?,24+,26+,28+,42?/m0/s1. The van der Waals surface area contributed by atoms with Crippen LogP contribution in [0.1, 0.15) is 33.9 Å². The largest absolute Gasteiger partial charge is 0.462 e. The van der Waals surface area contributed by atoms with Crippen molar-refractivity contribution in [2.24, 2.45) is 0 Å². The number of hydrogen-bond donors (Lipinski definition) is 3. The van der Waals surface area contributed by atoms with E-state index in [1.807, 2.05) is 35.3 Å². The van der Waals surface area contributed by atoms with Crippen LogP contribution in [0.15, 0.2) is 76.4 Å². The van der Waals surface area contributed by atoms with Crippen LogP contribution in [0.2, 0.25) is 0 Å². The fraction of sp³-hybridized carbons (Fsp3) is 0.393. The molecule has 6 atom stereocenters. The summed E-state index contributed by atoms with van der Waals surface area (Å²) in [4.78, 5) is 38.1. The number of alkyl halides is 1. The molecule has 0 radical (unpaired) electrons. The molecule has 2 aromatic carbocycles. The molecule has 226 valence electrons. The van der Waals surface area contributed by atoms with Gasteiger partial charge < -0.3 is 19.1 Å². The molecule has 0 amide bonds. The smallest absolute Gasteiger partial charge is 0.459 e. The molecule has 2 heterocycles. The second-order valence-corrected chi connectivity index (χ2v) is 11.9. The number of H-pyrrole nitrogens is 1. The third-order valence-electron chi connectivity index (χ3n) is 6.47. The van der Waals surface area contributed by atoms with Gasteiger partial charge >= 0.3 is 19.4 Å². The number of aliphatic hydroxyl groups is 1. The molecule has 1 aromatic heterocycles. The van der Waals surface area contributed by atoms with Crippen molar-refractivity contribution in [3.05, 3.63) is 87.7 Å². The summed E-state index contributed by atoms with van der Waals surface area (Å²) in [5.41, 5.74) is -2.33. The molecule has 1 saturated heterocycles. The number of rotatable bonds is 11. The van der Waals surface area contributed by atoms with Gasteiger partial charge in [0.2, 0.25) is 0 Å². The molecular weight excluding hydrogens is 572 g/mol. The van der Waals surface area contributed by atoms with Crippen LogP contribution in [0.5, 0.6) is 5.75 Å². The topological polar surface area (TPSA) is 158 Å². The zero-order valence-corrected chi connectivity index (χ0v) is 24.3. The Morgan fingerprint density at radius 1 is 1.12 bits per heavy atom. The number of benzene rings is 2. The molecule has 3 aromatic rings. The zero-order chi connectivity index (χ0) is 30.7. The summed E-state index contributed by atoms with van der Waals surface area (Å²) < 4.78 is 52.4. The number of nitrogens with zero attached hydrogens (tertiary/aromatic N) is 1. The molecule has 2 unspecified atom stereocenters. The van der Waals surface area contributed by atoms with Gasteiger partial charge in [0.05, 0.1) is 12.7 Å². The van der Waals surface area contributed by atoms with Gasteiger partial charge in [0.15, 0.2) is 11.9 Å². The summed E-state index contributed by atoms with van der Waals surface area (Å²) in [6, 6.07) is 16.0. The quantitative estimate of drug-likeness (QED) is 0.219. The van der Waals surface area contributed by atoms with Crippen LogP contribution in [0.25, 0.3) is 11.1 Å². The SMILES string of the molecule is CC(C)OC(=O)[C@H](C)NP(=O)(OCC1O[C@@H](n2ccc(=O)[nH]c2=O)[C@](C)(F)[C@@H]1O)Oc1ccc(-c2ccccc2)cc1. The fourth-order valence-corrected chi connectivity index (χ4v) is 5.83. The van der Waals surface area contributed by atoms with Crippen molar-refractivity contribution < 1.29 is 37.4 Å². The van der Waals surface area contributed by atoms with Crippen LogP contribution < -0.4 is 20.9 Å². The molecule has 0 spiro atoms. The van der Waals surface area contributed by atoms with Crippen molar-refractivity contribution >= 4 is 13.7 Å². The van der Waals surface area contributed by atoms with Gasteiger partial charge in [-0.15, -0.1) is 0 Å². The molecular formula is C28H33FN3O9P. The van der Waals surface area contributed by atoms with Gasteiger partial charge in [0.1, 0.15) is 24.0 Å². The zero-order valence-electron chi connectivity index (χ0n) is 23.4. The van der Waals surface area contributed by atoms with E-state index in [0.717, 1.165) is 34.9 Å². The highest BCUT2D eigenvalue weighted by molar-refractivity contribution is 7.52. The number of ether oxygens (including phenoxy) is 2. The first kappa shape index (κ1) is 31.3. The third kappa shape index (κ3) is 7.23. The number of carbonyl (C=O) groups excluding carboxylic acids is 1. The summed E-state index contributed by atoms with van der Waals surface area (Å²) in [7, 11) is -4.39. The van der Waals surface area contributed by atoms with Crippen LogP contribution in [-0.2, 0) is 23.4 Å². The van der Waals surface area contributed by atoms with Crippen LogP contribution in [0.3, 0.4) is 0 Å². The monoisotopic (exact) mass is 605 g/mol. The van der Waals surface area contributed by atoms with Gasteiger partial charge in [-0.1, -0.05) is 42.5 Å². The van der Waals surface area contributed by atoms with E-state index < -0.39 is 67.8 Å². The molecule has 1 fully saturated rings. The van der Waals surface area contributed by atoms with E-state index in [1.165, 1.54) is 6.92 Å². The minimum absolute atomic E-state index is 0.135. The van der Waals surface area contributed by atoms with Gasteiger partial charge in [0, 0.05) is 12.3 Å². The summed E-state index contributed by atoms with van der Waals surface area (Å²) in [5, 5.41) is 13.2. The lowest BCUT2D eigenvalue weighted by Crippen LogP contribution is -2.43. The first-order chi connectivity index (χ1) is 19.8. The number of halogens is 1. The van der Waals surface area contributed by atoms with E-state index in [9.17, 15) is 24.1 Å². The molecule has 14 heteroatoms. The van der Waals surface area contributed by atoms with Crippen molar-refractivity contribution in [1.82, 2.24) is 14.6 Å². The lowest BCUT2D eigenvalue weighted by Gasteiger charge is -2.25. The average Bonchev–Trinajstić information content (AvgIpc) is 3.16. The van der Waals surface area contributed by atoms with Crippen molar-refractivity contribution in [2.75, 3.05) is 6.61 Å². The van der Waals surface area contributed by atoms with Crippen LogP contribution in [0.4, 0.5) is 4.39 Å². The Bertz CT molecular complexity index is 1540. The predicted octanol–water partition coefficient (Wildman–Crippen LogP) is 3.32. The molecule has 4 rings (SSSR count). The minimum Gasteiger partial charge on any atom is -0.462 e. The van der Waals surface area contributed by atoms with E-state index in [0.29, 0.717) is 0 Å². The molecule has 1 aliphatic heterocycles. The number of aromatic nitrogens is 2. The third-order valence-corrected chi connectivity index (χ3v) is 8.12. The van der Waals surface area contributed by atoms with Crippen molar-refractivity contribution in [1.29, 1.82) is 0 Å². The number of carbonyl (C=O) groups is 1. The maximum Gasteiger partial charge on any atom is 0.459 e. The van der Waals surface area contributed by atoms with E-state index in [-0.39, 0.29) is 5.75 Å². The summed E-state index contributed by atoms with van der Waals surface area (Å²) in [6.45, 7) is 5.08. The minimum atomic E-state index is -4.39. The lowest BCUT2D eigenvalue weighted by atomic mass is 9.98. The highest BCUT2D eigenvalue weighted by Gasteiger charge is 2.56. The summed E-state index contributed by atoms with van der Waals surface area (Å²) in [6.07, 6.45) is -4.28. The molecule has 3 N–H and O–H groups in total. The summed E-state index contributed by atoms with van der Waals surface area (Å²) in [5.74, 6) is -0.585. The molecule has 42 heavy (non-hydrogen) atoms. The molecule has 0 bridgehead atoms. The maximum absolute atomic E-state index is 15.6. The van der Waals surface area contributed by atoms with E-state index in [4.69, 9.17) is 18.5 Å². The Kier molecular flexibility index (Phi) is 9.49. The molecule has 12 nitrogen and oxygen atoms in total. The van der Waals surface area contributed by atoms with Gasteiger partial charge in [-0.3, -0.25) is 23.7 Å². The van der Waals surface area contributed by atoms with E-state index in [1.54, 1.807) is 38.1 Å². The number of hydrogen-bond acceptors (Lipinski definition) is 9. The van der Waals surface area contributed by atoms with Gasteiger partial charge in [-0.2, -0.15) is 5.09 Å². The second kappa shape index (κ2) is 12.7. The van der Waals surface area contributed by atoms with Crippen molar-refractivity contribution in [3.63, 3.8) is 0 Å². The molecule has 1 aliphatic rings. The normalized spacial score (nSPS) is 24.2. The van der Waals surface area contributed by atoms with E-state index in [2.05, 4.69) is 5.09 Å². The first-order valence-electron chi connectivity index (χ1n) is 13.2. The van der Waals surface area contributed by atoms with Crippen LogP contribution in [-0.4, -0.2) is 57.3 Å². The predicted molar refractivity (Wildman–Crippen MR) is 151 cm³/mol. The van der Waals surface area contributed by atoms with Gasteiger partial charge in [-0.25, -0.2) is 13.8 Å². The highest BCUT2D eigenvalue weighted by Crippen LogP contribution is 2.47. The molecule has 0 saturated carbocycles. The van der Waals surface area contributed by atoms with Gasteiger partial charge in [0.25, 0.3) is 5.56 Å². The van der Waals surface area contributed by atoms with Gasteiger partial charge in [-0.05, 0) is 51.0 Å². The first-order valence-corrected chi connectivity index (χ1v) is 14.7. The van der Waals surface area contributed by atoms with Crippen molar-refractivity contribution in [2.45, 2.75) is 63.9 Å². The summed E-state index contributed by atoms with van der Waals surface area (Å²) >= 11 is 0. The Morgan fingerprint density at radius 2 is 1.76 bits per heavy atom. The second-order valence-electron chi connectivity index (χ2n) is 10.3. The van der Waals surface area contributed by atoms with Crippen LogP contribution >= 0.6 is 7.75 Å². The number of aliphatic hydroxyl groups excluding tert-OH is 1. The number of aromatic amines is 1. The Morgan fingerprint density at radius 3 is 2.38 bits per heavy atom. The van der Waals surface area contributed by atoms with Crippen molar-refractivity contribution in [3.8, 4) is 16.9 Å². The Hall–Kier alpha value is -3.61. The lowest BCUT2D eigenvalue weighted by molar-refractivity contribution is -0.149.